The Morgan fingerprint density at radius 1 is 1.15 bits per heavy atom. The number of aryl methyl sites for hydroxylation is 1. The van der Waals surface area contributed by atoms with Crippen LogP contribution in [-0.2, 0) is 6.42 Å². The Balaban J connectivity index is 1.94. The summed E-state index contributed by atoms with van der Waals surface area (Å²) in [4.78, 5) is 21.5. The van der Waals surface area contributed by atoms with Crippen LogP contribution in [0.3, 0.4) is 0 Å². The van der Waals surface area contributed by atoms with E-state index in [-0.39, 0.29) is 5.91 Å². The lowest BCUT2D eigenvalue weighted by atomic mass is 10.2. The molecule has 0 N–H and O–H groups in total. The summed E-state index contributed by atoms with van der Waals surface area (Å²) < 4.78 is 14.7. The molecule has 4 nitrogen and oxygen atoms in total. The zero-order valence-corrected chi connectivity index (χ0v) is 16.7. The van der Waals surface area contributed by atoms with Gasteiger partial charge in [-0.15, -0.1) is 0 Å². The number of anilines is 1. The molecule has 0 spiro atoms. The molecule has 0 saturated heterocycles. The molecule has 0 radical (unpaired) electrons. The van der Waals surface area contributed by atoms with Gasteiger partial charge in [-0.3, -0.25) is 9.69 Å². The zero-order chi connectivity index (χ0) is 19.4. The van der Waals surface area contributed by atoms with Gasteiger partial charge in [-0.2, -0.15) is 0 Å². The van der Waals surface area contributed by atoms with Crippen LogP contribution in [0.4, 0.5) is 9.52 Å². The molecular weight excluding hydrogens is 361 g/mol. The van der Waals surface area contributed by atoms with Crippen LogP contribution in [0.15, 0.2) is 42.5 Å². The van der Waals surface area contributed by atoms with Crippen LogP contribution >= 0.6 is 11.3 Å². The summed E-state index contributed by atoms with van der Waals surface area (Å²) >= 11 is 1.51. The minimum absolute atomic E-state index is 0.219. The largest absolute Gasteiger partial charge is 0.309 e. The van der Waals surface area contributed by atoms with Gasteiger partial charge < -0.3 is 4.90 Å². The molecule has 0 saturated carbocycles. The third-order valence-corrected chi connectivity index (χ3v) is 5.43. The van der Waals surface area contributed by atoms with Crippen LogP contribution < -0.4 is 4.90 Å². The second kappa shape index (κ2) is 8.59. The monoisotopic (exact) mass is 385 g/mol. The summed E-state index contributed by atoms with van der Waals surface area (Å²) in [5.41, 5.74) is 2.47. The Bertz CT molecular complexity index is 938. The van der Waals surface area contributed by atoms with Crippen molar-refractivity contribution in [2.24, 2.45) is 0 Å². The molecule has 0 fully saturated rings. The summed E-state index contributed by atoms with van der Waals surface area (Å²) in [6, 6.07) is 12.0. The first-order chi connectivity index (χ1) is 13.0. The fraction of sp³-hybridized carbons (Fsp3) is 0.333. The van der Waals surface area contributed by atoms with E-state index >= 15 is 0 Å². The first-order valence-electron chi connectivity index (χ1n) is 9.09. The molecule has 1 amide bonds. The Morgan fingerprint density at radius 2 is 1.96 bits per heavy atom. The normalized spacial score (nSPS) is 11.3. The predicted molar refractivity (Wildman–Crippen MR) is 110 cm³/mol. The second-order valence-electron chi connectivity index (χ2n) is 6.78. The van der Waals surface area contributed by atoms with Gasteiger partial charge in [-0.05, 0) is 69.4 Å². The molecule has 0 bridgehead atoms. The van der Waals surface area contributed by atoms with Crippen molar-refractivity contribution in [3.05, 3.63) is 59.4 Å². The topological polar surface area (TPSA) is 36.4 Å². The van der Waals surface area contributed by atoms with E-state index in [9.17, 15) is 9.18 Å². The SMILES string of the molecule is CCc1ccc2nc(N(CCCN(C)C)C(=O)c3cccc(F)c3)sc2c1. The van der Waals surface area contributed by atoms with Gasteiger partial charge in [0, 0.05) is 12.1 Å². The fourth-order valence-corrected chi connectivity index (χ4v) is 3.95. The zero-order valence-electron chi connectivity index (χ0n) is 15.9. The number of hydrogen-bond donors (Lipinski definition) is 0. The number of benzene rings is 2. The van der Waals surface area contributed by atoms with Gasteiger partial charge >= 0.3 is 0 Å². The van der Waals surface area contributed by atoms with Crippen LogP contribution in [0.25, 0.3) is 10.2 Å². The number of amides is 1. The molecular formula is C21H24FN3OS. The number of thiazole rings is 1. The third-order valence-electron chi connectivity index (χ3n) is 4.38. The van der Waals surface area contributed by atoms with Crippen molar-refractivity contribution in [1.82, 2.24) is 9.88 Å². The number of rotatable bonds is 7. The van der Waals surface area contributed by atoms with Crippen molar-refractivity contribution in [2.45, 2.75) is 19.8 Å². The summed E-state index contributed by atoms with van der Waals surface area (Å²) in [5, 5.41) is 0.659. The predicted octanol–water partition coefficient (Wildman–Crippen LogP) is 4.60. The van der Waals surface area contributed by atoms with Crippen molar-refractivity contribution in [1.29, 1.82) is 0 Å². The lowest BCUT2D eigenvalue weighted by Crippen LogP contribution is -2.33. The molecule has 0 atom stereocenters. The highest BCUT2D eigenvalue weighted by Gasteiger charge is 2.21. The average Bonchev–Trinajstić information content (AvgIpc) is 3.07. The van der Waals surface area contributed by atoms with Crippen LogP contribution in [-0.4, -0.2) is 43.0 Å². The van der Waals surface area contributed by atoms with E-state index < -0.39 is 5.82 Å². The van der Waals surface area contributed by atoms with Crippen LogP contribution in [0.5, 0.6) is 0 Å². The van der Waals surface area contributed by atoms with E-state index in [4.69, 9.17) is 0 Å². The Kier molecular flexibility index (Phi) is 6.19. The quantitative estimate of drug-likeness (QED) is 0.597. The highest BCUT2D eigenvalue weighted by atomic mass is 32.1. The van der Waals surface area contributed by atoms with Gasteiger partial charge in [0.1, 0.15) is 5.82 Å². The number of nitrogens with zero attached hydrogens (tertiary/aromatic N) is 3. The molecule has 142 valence electrons. The summed E-state index contributed by atoms with van der Waals surface area (Å²) in [6.45, 7) is 3.51. The molecule has 2 aromatic carbocycles. The van der Waals surface area contributed by atoms with Crippen molar-refractivity contribution >= 4 is 32.6 Å². The first kappa shape index (κ1) is 19.5. The second-order valence-corrected chi connectivity index (χ2v) is 7.79. The maximum absolute atomic E-state index is 13.6. The molecule has 3 aromatic rings. The lowest BCUT2D eigenvalue weighted by molar-refractivity contribution is 0.0985. The number of hydrogen-bond acceptors (Lipinski definition) is 4. The lowest BCUT2D eigenvalue weighted by Gasteiger charge is -2.21. The Hall–Kier alpha value is -2.31. The number of fused-ring (bicyclic) bond motifs is 1. The molecule has 3 rings (SSSR count). The summed E-state index contributed by atoms with van der Waals surface area (Å²) in [5.74, 6) is -0.631. The van der Waals surface area contributed by atoms with Crippen molar-refractivity contribution in [2.75, 3.05) is 32.1 Å². The fourth-order valence-electron chi connectivity index (χ4n) is 2.90. The molecule has 27 heavy (non-hydrogen) atoms. The number of carbonyl (C=O) groups excluding carboxylic acids is 1. The first-order valence-corrected chi connectivity index (χ1v) is 9.91. The smallest absolute Gasteiger partial charge is 0.260 e. The molecule has 0 aliphatic carbocycles. The van der Waals surface area contributed by atoms with Gasteiger partial charge in [0.05, 0.1) is 10.2 Å². The molecule has 6 heteroatoms. The molecule has 0 aliphatic heterocycles. The van der Waals surface area contributed by atoms with Gasteiger partial charge in [0.15, 0.2) is 5.13 Å². The maximum atomic E-state index is 13.6. The highest BCUT2D eigenvalue weighted by molar-refractivity contribution is 7.22. The standard InChI is InChI=1S/C21H24FN3OS/c1-4-15-9-10-18-19(13-15)27-21(23-18)25(12-6-11-24(2)3)20(26)16-7-5-8-17(22)14-16/h5,7-10,13-14H,4,6,11-12H2,1-3H3. The van der Waals surface area contributed by atoms with Gasteiger partial charge in [-0.25, -0.2) is 9.37 Å². The van der Waals surface area contributed by atoms with Crippen molar-refractivity contribution in [3.63, 3.8) is 0 Å². The summed E-state index contributed by atoms with van der Waals surface area (Å²) in [6.07, 6.45) is 1.77. The minimum Gasteiger partial charge on any atom is -0.309 e. The minimum atomic E-state index is -0.411. The van der Waals surface area contributed by atoms with Gasteiger partial charge in [0.2, 0.25) is 0 Å². The average molecular weight is 386 g/mol. The van der Waals surface area contributed by atoms with Crippen molar-refractivity contribution < 1.29 is 9.18 Å². The van der Waals surface area contributed by atoms with E-state index in [1.807, 2.05) is 20.2 Å². The molecule has 1 aromatic heterocycles. The Labute approximate surface area is 163 Å². The van der Waals surface area contributed by atoms with Crippen LogP contribution in [0, 0.1) is 5.82 Å². The number of carbonyl (C=O) groups is 1. The molecule has 1 heterocycles. The Morgan fingerprint density at radius 3 is 2.67 bits per heavy atom. The van der Waals surface area contributed by atoms with Crippen LogP contribution in [0.2, 0.25) is 0 Å². The highest BCUT2D eigenvalue weighted by Crippen LogP contribution is 2.31. The number of halogens is 1. The van der Waals surface area contributed by atoms with Gasteiger partial charge in [-0.1, -0.05) is 30.4 Å². The van der Waals surface area contributed by atoms with E-state index in [1.54, 1.807) is 17.0 Å². The van der Waals surface area contributed by atoms with Gasteiger partial charge in [0.25, 0.3) is 5.91 Å². The van der Waals surface area contributed by atoms with E-state index in [1.165, 1.54) is 29.0 Å². The van der Waals surface area contributed by atoms with E-state index in [0.717, 1.165) is 29.6 Å². The van der Waals surface area contributed by atoms with Crippen LogP contribution in [0.1, 0.15) is 29.3 Å². The van der Waals surface area contributed by atoms with E-state index in [2.05, 4.69) is 28.9 Å². The summed E-state index contributed by atoms with van der Waals surface area (Å²) in [7, 11) is 4.01. The maximum Gasteiger partial charge on any atom is 0.260 e. The molecule has 0 aliphatic rings. The number of aromatic nitrogens is 1. The van der Waals surface area contributed by atoms with E-state index in [0.29, 0.717) is 17.2 Å². The van der Waals surface area contributed by atoms with Crippen molar-refractivity contribution in [3.8, 4) is 0 Å². The third kappa shape index (κ3) is 4.70. The molecule has 0 unspecified atom stereocenters.